The summed E-state index contributed by atoms with van der Waals surface area (Å²) in [6, 6.07) is -1.83. The summed E-state index contributed by atoms with van der Waals surface area (Å²) in [5.74, 6) is -0.848. The van der Waals surface area contributed by atoms with Crippen LogP contribution in [0.4, 0.5) is 13.2 Å². The number of halogens is 3. The highest BCUT2D eigenvalue weighted by molar-refractivity contribution is 6.04. The third kappa shape index (κ3) is 4.77. The van der Waals surface area contributed by atoms with Gasteiger partial charge in [-0.1, -0.05) is 0 Å². The maximum absolute atomic E-state index is 12.1. The Balaban J connectivity index is 4.06. The van der Waals surface area contributed by atoms with Crippen LogP contribution in [0, 0.1) is 0 Å². The van der Waals surface area contributed by atoms with E-state index in [1.807, 2.05) is 5.23 Å². The quantitative estimate of drug-likeness (QED) is 0.509. The Morgan fingerprint density at radius 3 is 2.46 bits per heavy atom. The lowest BCUT2D eigenvalue weighted by atomic mass is 10.1. The van der Waals surface area contributed by atoms with Crippen LogP contribution in [0.5, 0.6) is 0 Å². The van der Waals surface area contributed by atoms with E-state index in [-0.39, 0.29) is 6.61 Å². The average Bonchev–Trinajstić information content (AvgIpc) is 1.98. The normalized spacial score (nSPS) is 13.8. The second-order valence-corrected chi connectivity index (χ2v) is 2.39. The zero-order valence-electron chi connectivity index (χ0n) is 7.44. The molecule has 0 saturated heterocycles. The van der Waals surface area contributed by atoms with Crippen molar-refractivity contribution in [3.8, 4) is 0 Å². The fourth-order valence-corrected chi connectivity index (χ4v) is 0.768. The van der Waals surface area contributed by atoms with Crippen molar-refractivity contribution in [1.82, 2.24) is 5.23 Å². The van der Waals surface area contributed by atoms with E-state index in [2.05, 4.69) is 4.74 Å². The van der Waals surface area contributed by atoms with Crippen LogP contribution >= 0.6 is 0 Å². The first kappa shape index (κ1) is 12.3. The van der Waals surface area contributed by atoms with Crippen LogP contribution < -0.4 is 5.23 Å². The molecule has 0 bridgehead atoms. The third-order valence-electron chi connectivity index (χ3n) is 1.42. The second kappa shape index (κ2) is 5.11. The van der Waals surface area contributed by atoms with Crippen molar-refractivity contribution in [2.75, 3.05) is 6.61 Å². The third-order valence-corrected chi connectivity index (χ3v) is 1.42. The van der Waals surface area contributed by atoms with Gasteiger partial charge in [-0.2, -0.15) is 13.2 Å². The number of alkyl halides is 3. The molecule has 0 fully saturated rings. The molecule has 7 heteroatoms. The largest absolute Gasteiger partial charge is 0.466 e. The Labute approximate surface area is 75.1 Å². The summed E-state index contributed by atoms with van der Waals surface area (Å²) in [7, 11) is 1.15. The van der Waals surface area contributed by atoms with E-state index >= 15 is 0 Å². The van der Waals surface area contributed by atoms with Gasteiger partial charge >= 0.3 is 12.1 Å². The molecule has 1 N–H and O–H groups in total. The number of hydrogen-bond donors (Lipinski definition) is 1. The maximum Gasteiger partial charge on any atom is 0.403 e. The molecule has 76 valence electrons. The molecule has 0 aliphatic rings. The van der Waals surface area contributed by atoms with Crippen molar-refractivity contribution < 1.29 is 22.7 Å². The van der Waals surface area contributed by atoms with Crippen molar-refractivity contribution in [3.63, 3.8) is 0 Å². The van der Waals surface area contributed by atoms with Crippen LogP contribution in [-0.4, -0.2) is 32.8 Å². The van der Waals surface area contributed by atoms with Crippen LogP contribution in [-0.2, 0) is 9.53 Å². The number of rotatable bonds is 4. The van der Waals surface area contributed by atoms with Gasteiger partial charge in [-0.05, 0) is 6.92 Å². The van der Waals surface area contributed by atoms with Gasteiger partial charge in [-0.25, -0.2) is 0 Å². The summed E-state index contributed by atoms with van der Waals surface area (Å²) >= 11 is 0. The first-order valence-electron chi connectivity index (χ1n) is 3.81. The van der Waals surface area contributed by atoms with Crippen LogP contribution in [0.3, 0.4) is 0 Å². The van der Waals surface area contributed by atoms with Gasteiger partial charge < -0.3 is 9.96 Å². The van der Waals surface area contributed by atoms with Crippen molar-refractivity contribution in [2.24, 2.45) is 0 Å². The molecule has 0 radical (unpaired) electrons. The standard InChI is InChI=1S/C6H11BF3NO2/c1-2-13-5(12)3-4(11-7)6(8,9)10/h4,11H,2-3,7H2,1H3. The molecular weight excluding hydrogens is 186 g/mol. The fourth-order valence-electron chi connectivity index (χ4n) is 0.768. The molecule has 0 aromatic rings. The molecule has 0 saturated carbocycles. The highest BCUT2D eigenvalue weighted by Crippen LogP contribution is 2.22. The van der Waals surface area contributed by atoms with Gasteiger partial charge in [0.05, 0.1) is 13.0 Å². The molecule has 0 aliphatic carbocycles. The van der Waals surface area contributed by atoms with Crippen molar-refractivity contribution >= 4 is 14.0 Å². The van der Waals surface area contributed by atoms with Crippen LogP contribution in [0.2, 0.25) is 0 Å². The van der Waals surface area contributed by atoms with Gasteiger partial charge in [-0.3, -0.25) is 4.79 Å². The SMILES string of the molecule is BNC(CC(=O)OCC)C(F)(F)F. The van der Waals surface area contributed by atoms with Crippen LogP contribution in [0.25, 0.3) is 0 Å². The molecule has 13 heavy (non-hydrogen) atoms. The van der Waals surface area contributed by atoms with Crippen LogP contribution in [0.15, 0.2) is 0 Å². The van der Waals surface area contributed by atoms with Crippen molar-refractivity contribution in [2.45, 2.75) is 25.6 Å². The van der Waals surface area contributed by atoms with Gasteiger partial charge in [-0.15, -0.1) is 0 Å². The predicted molar refractivity (Wildman–Crippen MR) is 42.8 cm³/mol. The molecule has 0 heterocycles. The minimum Gasteiger partial charge on any atom is -0.466 e. The zero-order chi connectivity index (χ0) is 10.5. The van der Waals surface area contributed by atoms with E-state index in [1.54, 1.807) is 6.92 Å². The summed E-state index contributed by atoms with van der Waals surface area (Å²) in [5.41, 5.74) is 0. The number of carbonyl (C=O) groups excluding carboxylic acids is 1. The predicted octanol–water partition coefficient (Wildman–Crippen LogP) is 0.00820. The number of carbonyl (C=O) groups is 1. The lowest BCUT2D eigenvalue weighted by Gasteiger charge is -2.18. The highest BCUT2D eigenvalue weighted by Gasteiger charge is 2.39. The lowest BCUT2D eigenvalue weighted by molar-refractivity contribution is -0.166. The first-order chi connectivity index (χ1) is 5.91. The second-order valence-electron chi connectivity index (χ2n) is 2.39. The Hall–Kier alpha value is -0.715. The van der Waals surface area contributed by atoms with Gasteiger partial charge in [0.1, 0.15) is 6.04 Å². The Morgan fingerprint density at radius 1 is 1.62 bits per heavy atom. The molecule has 1 atom stereocenters. The van der Waals surface area contributed by atoms with E-state index in [0.717, 1.165) is 7.98 Å². The van der Waals surface area contributed by atoms with E-state index in [9.17, 15) is 18.0 Å². The lowest BCUT2D eigenvalue weighted by Crippen LogP contribution is -2.42. The van der Waals surface area contributed by atoms with E-state index < -0.39 is 24.6 Å². The number of esters is 1. The van der Waals surface area contributed by atoms with Crippen molar-refractivity contribution in [1.29, 1.82) is 0 Å². The summed E-state index contributed by atoms with van der Waals surface area (Å²) < 4.78 is 40.5. The van der Waals surface area contributed by atoms with Gasteiger partial charge in [0.25, 0.3) is 0 Å². The molecule has 0 aromatic carbocycles. The zero-order valence-corrected chi connectivity index (χ0v) is 7.44. The van der Waals surface area contributed by atoms with Crippen LogP contribution in [0.1, 0.15) is 13.3 Å². The maximum atomic E-state index is 12.1. The Kier molecular flexibility index (Phi) is 4.83. The molecule has 0 aromatic heterocycles. The molecule has 1 unspecified atom stereocenters. The number of nitrogens with one attached hydrogen (secondary N) is 1. The monoisotopic (exact) mass is 197 g/mol. The molecule has 0 aliphatic heterocycles. The van der Waals surface area contributed by atoms with E-state index in [1.165, 1.54) is 0 Å². The fraction of sp³-hybridized carbons (Fsp3) is 0.833. The van der Waals surface area contributed by atoms with Gasteiger partial charge in [0, 0.05) is 0 Å². The summed E-state index contributed by atoms with van der Waals surface area (Å²) in [6.07, 6.45) is -5.10. The minimum atomic E-state index is -4.42. The molecular formula is C6H11BF3NO2. The molecule has 0 rings (SSSR count). The van der Waals surface area contributed by atoms with Gasteiger partial charge in [0.2, 0.25) is 0 Å². The Morgan fingerprint density at radius 2 is 2.15 bits per heavy atom. The van der Waals surface area contributed by atoms with E-state index in [4.69, 9.17) is 0 Å². The number of ether oxygens (including phenoxy) is 1. The first-order valence-corrected chi connectivity index (χ1v) is 3.81. The summed E-state index contributed by atoms with van der Waals surface area (Å²) in [5, 5.41) is 2.01. The molecule has 0 spiro atoms. The smallest absolute Gasteiger partial charge is 0.403 e. The topological polar surface area (TPSA) is 38.3 Å². The highest BCUT2D eigenvalue weighted by atomic mass is 19.4. The molecule has 0 amide bonds. The summed E-state index contributed by atoms with van der Waals surface area (Å²) in [4.78, 5) is 10.7. The molecule has 3 nitrogen and oxygen atoms in total. The van der Waals surface area contributed by atoms with Gasteiger partial charge in [0.15, 0.2) is 7.98 Å². The van der Waals surface area contributed by atoms with E-state index in [0.29, 0.717) is 0 Å². The Bertz CT molecular complexity index is 174. The average molecular weight is 197 g/mol. The minimum absolute atomic E-state index is 0.0904. The van der Waals surface area contributed by atoms with Crippen molar-refractivity contribution in [3.05, 3.63) is 0 Å². The number of hydrogen-bond acceptors (Lipinski definition) is 3. The summed E-state index contributed by atoms with van der Waals surface area (Å²) in [6.45, 7) is 1.63.